The van der Waals surface area contributed by atoms with Gasteiger partial charge < -0.3 is 19.8 Å². The molecule has 1 unspecified atom stereocenters. The Morgan fingerprint density at radius 3 is 2.43 bits per heavy atom. The fourth-order valence-electron chi connectivity index (χ4n) is 3.72. The lowest BCUT2D eigenvalue weighted by Gasteiger charge is -2.20. The predicted octanol–water partition coefficient (Wildman–Crippen LogP) is 6.16. The Bertz CT molecular complexity index is 844. The van der Waals surface area contributed by atoms with Crippen LogP contribution in [0.4, 0.5) is 5.69 Å². The summed E-state index contributed by atoms with van der Waals surface area (Å²) in [6.07, 6.45) is 8.53. The number of hydrogen-bond acceptors (Lipinski definition) is 4. The van der Waals surface area contributed by atoms with E-state index in [1.165, 1.54) is 6.42 Å². The first kappa shape index (κ1) is 24.1. The van der Waals surface area contributed by atoms with Crippen molar-refractivity contribution >= 4 is 16.6 Å². The number of nitrogen functional groups attached to an aromatic ring is 1. The normalized spacial score (nSPS) is 12.3. The predicted molar refractivity (Wildman–Crippen MR) is 127 cm³/mol. The van der Waals surface area contributed by atoms with Gasteiger partial charge in [0.1, 0.15) is 0 Å². The lowest BCUT2D eigenvalue weighted by Crippen LogP contribution is -2.25. The van der Waals surface area contributed by atoms with Gasteiger partial charge in [0.05, 0.1) is 18.7 Å². The van der Waals surface area contributed by atoms with E-state index in [0.717, 1.165) is 55.8 Å². The third-order valence-corrected chi connectivity index (χ3v) is 5.48. The van der Waals surface area contributed by atoms with Gasteiger partial charge in [0.2, 0.25) is 5.75 Å². The molecule has 30 heavy (non-hydrogen) atoms. The molecule has 0 aliphatic heterocycles. The molecule has 2 N–H and O–H groups in total. The summed E-state index contributed by atoms with van der Waals surface area (Å²) in [5.74, 6) is 1.30. The number of fused-ring (bicyclic) bond motifs is 1. The van der Waals surface area contributed by atoms with Gasteiger partial charge in [-0.3, -0.25) is 4.79 Å². The highest BCUT2D eigenvalue weighted by molar-refractivity contribution is 5.90. The van der Waals surface area contributed by atoms with Gasteiger partial charge in [-0.2, -0.15) is 0 Å². The topological polar surface area (TPSA) is 66.5 Å². The van der Waals surface area contributed by atoms with E-state index in [1.54, 1.807) is 0 Å². The van der Waals surface area contributed by atoms with Crippen molar-refractivity contribution < 1.29 is 9.47 Å². The zero-order valence-electron chi connectivity index (χ0n) is 19.3. The van der Waals surface area contributed by atoms with Gasteiger partial charge in [-0.15, -0.1) is 0 Å². The standard InChI is InChI=1S/C25H40N2O3/c1-5-8-10-11-15-27-22-17-20(26)13-14-21(22)23(29-16-9-6-2)24(25(27)28)30-18-19(4)12-7-3/h13-14,17,19H,5-12,15-16,18,26H2,1-4H3. The van der Waals surface area contributed by atoms with Crippen molar-refractivity contribution in [2.75, 3.05) is 18.9 Å². The van der Waals surface area contributed by atoms with E-state index in [1.807, 2.05) is 22.8 Å². The highest BCUT2D eigenvalue weighted by Crippen LogP contribution is 2.34. The lowest BCUT2D eigenvalue weighted by atomic mass is 10.1. The largest absolute Gasteiger partial charge is 0.489 e. The van der Waals surface area contributed by atoms with Gasteiger partial charge in [0, 0.05) is 17.6 Å². The zero-order chi connectivity index (χ0) is 21.9. The third kappa shape index (κ3) is 6.41. The van der Waals surface area contributed by atoms with Crippen molar-refractivity contribution in [3.8, 4) is 11.5 Å². The van der Waals surface area contributed by atoms with E-state index in [4.69, 9.17) is 15.2 Å². The Morgan fingerprint density at radius 2 is 1.73 bits per heavy atom. The van der Waals surface area contributed by atoms with Crippen LogP contribution in [0.3, 0.4) is 0 Å². The quantitative estimate of drug-likeness (QED) is 0.296. The monoisotopic (exact) mass is 416 g/mol. The van der Waals surface area contributed by atoms with Gasteiger partial charge in [-0.25, -0.2) is 0 Å². The number of hydrogen-bond donors (Lipinski definition) is 1. The van der Waals surface area contributed by atoms with Crippen LogP contribution in [0, 0.1) is 5.92 Å². The summed E-state index contributed by atoms with van der Waals surface area (Å²) in [4.78, 5) is 13.5. The van der Waals surface area contributed by atoms with E-state index >= 15 is 0 Å². The van der Waals surface area contributed by atoms with Gasteiger partial charge in [0.25, 0.3) is 5.56 Å². The first-order valence-electron chi connectivity index (χ1n) is 11.7. The molecular formula is C25H40N2O3. The van der Waals surface area contributed by atoms with Crippen LogP contribution in [-0.4, -0.2) is 17.8 Å². The van der Waals surface area contributed by atoms with Crippen LogP contribution in [0.2, 0.25) is 0 Å². The van der Waals surface area contributed by atoms with Crippen LogP contribution in [0.25, 0.3) is 10.9 Å². The molecule has 0 aliphatic carbocycles. The average molecular weight is 417 g/mol. The minimum Gasteiger partial charge on any atom is -0.489 e. The number of nitrogens with two attached hydrogens (primary N) is 1. The summed E-state index contributed by atoms with van der Waals surface area (Å²) < 4.78 is 14.1. The van der Waals surface area contributed by atoms with E-state index < -0.39 is 0 Å². The van der Waals surface area contributed by atoms with E-state index in [0.29, 0.717) is 42.9 Å². The Hall–Kier alpha value is -2.17. The van der Waals surface area contributed by atoms with Crippen LogP contribution >= 0.6 is 0 Å². The van der Waals surface area contributed by atoms with Gasteiger partial charge in [-0.05, 0) is 43.4 Å². The van der Waals surface area contributed by atoms with Crippen LogP contribution in [0.1, 0.15) is 79.1 Å². The molecule has 0 radical (unpaired) electrons. The van der Waals surface area contributed by atoms with Crippen molar-refractivity contribution in [2.24, 2.45) is 5.92 Å². The summed E-state index contributed by atoms with van der Waals surface area (Å²) in [6.45, 7) is 10.4. The summed E-state index contributed by atoms with van der Waals surface area (Å²) >= 11 is 0. The Kier molecular flexibility index (Phi) is 10.0. The minimum atomic E-state index is -0.111. The van der Waals surface area contributed by atoms with Crippen molar-refractivity contribution in [2.45, 2.75) is 85.6 Å². The van der Waals surface area contributed by atoms with Crippen LogP contribution in [0.15, 0.2) is 23.0 Å². The fourth-order valence-corrected chi connectivity index (χ4v) is 3.72. The molecule has 1 aromatic heterocycles. The van der Waals surface area contributed by atoms with E-state index in [9.17, 15) is 4.79 Å². The Morgan fingerprint density at radius 1 is 0.967 bits per heavy atom. The SMILES string of the molecule is CCCCCCn1c(=O)c(OCC(C)CCC)c(OCCCC)c2ccc(N)cc21. The molecule has 5 nitrogen and oxygen atoms in total. The van der Waals surface area contributed by atoms with E-state index in [2.05, 4.69) is 27.7 Å². The molecule has 0 aliphatic rings. The zero-order valence-corrected chi connectivity index (χ0v) is 19.3. The number of nitrogens with zero attached hydrogens (tertiary/aromatic N) is 1. The molecule has 0 saturated carbocycles. The molecular weight excluding hydrogens is 376 g/mol. The second kappa shape index (κ2) is 12.5. The number of aromatic nitrogens is 1. The number of pyridine rings is 1. The average Bonchev–Trinajstić information content (AvgIpc) is 2.72. The second-order valence-electron chi connectivity index (χ2n) is 8.36. The maximum absolute atomic E-state index is 13.5. The van der Waals surface area contributed by atoms with Gasteiger partial charge in [0.15, 0.2) is 5.75 Å². The van der Waals surface area contributed by atoms with Crippen molar-refractivity contribution in [3.05, 3.63) is 28.6 Å². The molecule has 1 heterocycles. The number of benzene rings is 1. The Labute approximate surface area is 181 Å². The molecule has 0 bridgehead atoms. The number of aryl methyl sites for hydroxylation is 1. The number of unbranched alkanes of at least 4 members (excludes halogenated alkanes) is 4. The summed E-state index contributed by atoms with van der Waals surface area (Å²) in [7, 11) is 0. The summed E-state index contributed by atoms with van der Waals surface area (Å²) in [5.41, 5.74) is 7.44. The highest BCUT2D eigenvalue weighted by Gasteiger charge is 2.20. The molecule has 5 heteroatoms. The van der Waals surface area contributed by atoms with Gasteiger partial charge in [-0.1, -0.05) is 59.8 Å². The molecule has 0 saturated heterocycles. The van der Waals surface area contributed by atoms with E-state index in [-0.39, 0.29) is 5.56 Å². The van der Waals surface area contributed by atoms with Crippen LogP contribution < -0.4 is 20.8 Å². The molecule has 2 aromatic rings. The van der Waals surface area contributed by atoms with Crippen LogP contribution in [0.5, 0.6) is 11.5 Å². The Balaban J connectivity index is 2.51. The fraction of sp³-hybridized carbons (Fsp3) is 0.640. The first-order chi connectivity index (χ1) is 14.5. The highest BCUT2D eigenvalue weighted by atomic mass is 16.5. The number of rotatable bonds is 14. The minimum absolute atomic E-state index is 0.111. The molecule has 0 fully saturated rings. The maximum atomic E-state index is 13.5. The molecule has 0 amide bonds. The summed E-state index contributed by atoms with van der Waals surface area (Å²) in [6, 6.07) is 5.70. The molecule has 1 atom stereocenters. The van der Waals surface area contributed by atoms with Crippen LogP contribution in [-0.2, 0) is 6.54 Å². The maximum Gasteiger partial charge on any atom is 0.297 e. The number of anilines is 1. The summed E-state index contributed by atoms with van der Waals surface area (Å²) in [5, 5.41) is 0.897. The van der Waals surface area contributed by atoms with Crippen molar-refractivity contribution in [1.29, 1.82) is 0 Å². The molecule has 1 aromatic carbocycles. The van der Waals surface area contributed by atoms with Crippen molar-refractivity contribution in [3.63, 3.8) is 0 Å². The second-order valence-corrected chi connectivity index (χ2v) is 8.36. The molecule has 168 valence electrons. The number of ether oxygens (including phenoxy) is 2. The smallest absolute Gasteiger partial charge is 0.297 e. The van der Waals surface area contributed by atoms with Crippen molar-refractivity contribution in [1.82, 2.24) is 4.57 Å². The first-order valence-corrected chi connectivity index (χ1v) is 11.7. The third-order valence-electron chi connectivity index (χ3n) is 5.48. The molecule has 2 rings (SSSR count). The molecule has 0 spiro atoms. The van der Waals surface area contributed by atoms with Gasteiger partial charge >= 0.3 is 0 Å². The lowest BCUT2D eigenvalue weighted by molar-refractivity contribution is 0.226.